The van der Waals surface area contributed by atoms with Gasteiger partial charge in [0.2, 0.25) is 0 Å². The van der Waals surface area contributed by atoms with Crippen molar-refractivity contribution in [3.05, 3.63) is 88.2 Å². The van der Waals surface area contributed by atoms with E-state index < -0.39 is 34.8 Å². The quantitative estimate of drug-likeness (QED) is 0.331. The molecule has 2 aromatic carbocycles. The number of alkyl halides is 3. The van der Waals surface area contributed by atoms with Gasteiger partial charge < -0.3 is 20.7 Å². The number of aliphatic hydroxyl groups is 1. The molecule has 0 saturated heterocycles. The van der Waals surface area contributed by atoms with Crippen LogP contribution in [0.1, 0.15) is 37.8 Å². The molecule has 0 aliphatic carbocycles. The number of hydrogen-bond donors (Lipinski definition) is 3. The summed E-state index contributed by atoms with van der Waals surface area (Å²) in [6.07, 6.45) is -3.90. The van der Waals surface area contributed by atoms with Crippen LogP contribution in [0.15, 0.2) is 66.9 Å². The first-order chi connectivity index (χ1) is 16.6. The number of aromatic nitrogens is 1. The fourth-order valence-corrected chi connectivity index (χ4v) is 3.74. The van der Waals surface area contributed by atoms with Crippen molar-refractivity contribution in [2.24, 2.45) is 5.73 Å². The van der Waals surface area contributed by atoms with Crippen molar-refractivity contribution in [3.63, 3.8) is 0 Å². The third-order valence-electron chi connectivity index (χ3n) is 5.39. The van der Waals surface area contributed by atoms with Crippen molar-refractivity contribution in [1.29, 1.82) is 0 Å². The molecule has 0 aliphatic heterocycles. The molecule has 0 bridgehead atoms. The van der Waals surface area contributed by atoms with Crippen molar-refractivity contribution in [2.75, 3.05) is 0 Å². The molecule has 1 amide bonds. The van der Waals surface area contributed by atoms with Gasteiger partial charge in [-0.1, -0.05) is 54.4 Å². The number of para-hydroxylation sites is 1. The number of benzene rings is 2. The first kappa shape index (κ1) is 29.2. The SMILES string of the molecule is CC(C)(Oc1ccccc1)C(N)=O.CC(c1ccc(O)cc1Cl)C(O)(c1ccnc(Cl)c1)C(F)(F)F. The van der Waals surface area contributed by atoms with Gasteiger partial charge in [0.25, 0.3) is 5.91 Å². The van der Waals surface area contributed by atoms with Crippen molar-refractivity contribution in [3.8, 4) is 11.5 Å². The zero-order chi connectivity index (χ0) is 27.3. The Hall–Kier alpha value is -3.01. The van der Waals surface area contributed by atoms with Crippen LogP contribution in [0.5, 0.6) is 11.5 Å². The van der Waals surface area contributed by atoms with Crippen LogP contribution < -0.4 is 10.5 Å². The Morgan fingerprint density at radius 2 is 1.67 bits per heavy atom. The minimum absolute atomic E-state index is 0.0391. The summed E-state index contributed by atoms with van der Waals surface area (Å²) in [6.45, 7) is 4.48. The Morgan fingerprint density at radius 1 is 1.06 bits per heavy atom. The number of pyridine rings is 1. The zero-order valence-corrected chi connectivity index (χ0v) is 21.1. The van der Waals surface area contributed by atoms with Gasteiger partial charge in [-0.3, -0.25) is 4.79 Å². The van der Waals surface area contributed by atoms with Crippen LogP contribution in [0, 0.1) is 0 Å². The highest BCUT2D eigenvalue weighted by atomic mass is 35.5. The number of primary amides is 1. The van der Waals surface area contributed by atoms with Gasteiger partial charge in [-0.15, -0.1) is 0 Å². The van der Waals surface area contributed by atoms with E-state index in [1.165, 1.54) is 19.1 Å². The number of carbonyl (C=O) groups excluding carboxylic acids is 1. The number of halogens is 5. The van der Waals surface area contributed by atoms with E-state index in [9.17, 15) is 28.2 Å². The van der Waals surface area contributed by atoms with E-state index in [1.54, 1.807) is 26.0 Å². The summed E-state index contributed by atoms with van der Waals surface area (Å²) < 4.78 is 46.4. The van der Waals surface area contributed by atoms with Crippen LogP contribution in [0.25, 0.3) is 0 Å². The maximum absolute atomic E-state index is 13.7. The van der Waals surface area contributed by atoms with E-state index in [4.69, 9.17) is 33.7 Å². The summed E-state index contributed by atoms with van der Waals surface area (Å²) in [5.41, 5.74) is 0.571. The number of amides is 1. The van der Waals surface area contributed by atoms with Gasteiger partial charge >= 0.3 is 6.18 Å². The van der Waals surface area contributed by atoms with Crippen LogP contribution in [0.2, 0.25) is 10.2 Å². The minimum atomic E-state index is -4.99. The fraction of sp³-hybridized carbons (Fsp3) is 0.280. The monoisotopic (exact) mass is 544 g/mol. The minimum Gasteiger partial charge on any atom is -0.508 e. The van der Waals surface area contributed by atoms with E-state index in [0.717, 1.165) is 24.4 Å². The van der Waals surface area contributed by atoms with Crippen molar-refractivity contribution >= 4 is 29.1 Å². The third-order valence-corrected chi connectivity index (χ3v) is 5.92. The van der Waals surface area contributed by atoms with E-state index in [0.29, 0.717) is 5.75 Å². The number of nitrogens with zero attached hydrogens (tertiary/aromatic N) is 1. The van der Waals surface area contributed by atoms with Crippen molar-refractivity contribution in [2.45, 2.75) is 44.1 Å². The van der Waals surface area contributed by atoms with Crippen LogP contribution in [0.4, 0.5) is 13.2 Å². The maximum Gasteiger partial charge on any atom is 0.422 e. The van der Waals surface area contributed by atoms with Gasteiger partial charge in [0.1, 0.15) is 16.7 Å². The Labute approximate surface area is 216 Å². The summed E-state index contributed by atoms with van der Waals surface area (Å²) in [5.74, 6) is -1.47. The average molecular weight is 545 g/mol. The number of rotatable bonds is 6. The van der Waals surface area contributed by atoms with Crippen LogP contribution in [0.3, 0.4) is 0 Å². The molecule has 4 N–H and O–H groups in total. The van der Waals surface area contributed by atoms with Crippen molar-refractivity contribution in [1.82, 2.24) is 4.98 Å². The first-order valence-electron chi connectivity index (χ1n) is 10.5. The van der Waals surface area contributed by atoms with Crippen LogP contribution in [-0.4, -0.2) is 32.9 Å². The highest BCUT2D eigenvalue weighted by Crippen LogP contribution is 2.50. The zero-order valence-electron chi connectivity index (χ0n) is 19.6. The maximum atomic E-state index is 13.7. The highest BCUT2D eigenvalue weighted by molar-refractivity contribution is 6.31. The second-order valence-corrected chi connectivity index (χ2v) is 9.14. The number of hydrogen-bond acceptors (Lipinski definition) is 5. The molecule has 0 fully saturated rings. The molecule has 6 nitrogen and oxygen atoms in total. The third kappa shape index (κ3) is 6.81. The van der Waals surface area contributed by atoms with Gasteiger partial charge in [0.05, 0.1) is 0 Å². The molecule has 0 radical (unpaired) electrons. The average Bonchev–Trinajstić information content (AvgIpc) is 2.78. The lowest BCUT2D eigenvalue weighted by Gasteiger charge is -2.37. The highest BCUT2D eigenvalue weighted by Gasteiger charge is 2.59. The molecule has 0 spiro atoms. The Kier molecular flexibility index (Phi) is 9.23. The molecule has 0 saturated carbocycles. The molecule has 2 unspecified atom stereocenters. The largest absolute Gasteiger partial charge is 0.508 e. The number of phenols is 1. The first-order valence-corrected chi connectivity index (χ1v) is 11.3. The molecule has 0 aliphatic rings. The molecule has 1 aromatic heterocycles. The Morgan fingerprint density at radius 3 is 2.17 bits per heavy atom. The van der Waals surface area contributed by atoms with E-state index in [1.807, 2.05) is 18.2 Å². The van der Waals surface area contributed by atoms with Crippen LogP contribution in [-0.2, 0) is 10.4 Å². The molecule has 2 atom stereocenters. The number of carbonyl (C=O) groups is 1. The lowest BCUT2D eigenvalue weighted by Crippen LogP contribution is -2.46. The normalized spacial score (nSPS) is 14.1. The molecular formula is C25H25Cl2F3N2O4. The Bertz CT molecular complexity index is 1190. The fourth-order valence-electron chi connectivity index (χ4n) is 3.22. The van der Waals surface area contributed by atoms with Gasteiger partial charge in [-0.05, 0) is 61.4 Å². The summed E-state index contributed by atoms with van der Waals surface area (Å²) in [6, 6.07) is 14.7. The standard InChI is InChI=1S/C15H12Cl2F3NO2.C10H13NO2/c1-8(11-3-2-10(22)7-12(11)16)14(23,15(18,19)20)9-4-5-21-13(17)6-9;1-10(2,9(11)12)13-8-6-4-3-5-7-8/h2-8,22-23H,1H3;3-7H,1-2H3,(H2,11,12). The lowest BCUT2D eigenvalue weighted by molar-refractivity contribution is -0.274. The van der Waals surface area contributed by atoms with Crippen molar-refractivity contribution < 1.29 is 32.9 Å². The number of aromatic hydroxyl groups is 1. The summed E-state index contributed by atoms with van der Waals surface area (Å²) in [7, 11) is 0. The van der Waals surface area contributed by atoms with Gasteiger partial charge in [-0.2, -0.15) is 13.2 Å². The van der Waals surface area contributed by atoms with Gasteiger partial charge in [0.15, 0.2) is 11.2 Å². The second kappa shape index (κ2) is 11.4. The topological polar surface area (TPSA) is 106 Å². The van der Waals surface area contributed by atoms with E-state index in [-0.39, 0.29) is 21.5 Å². The van der Waals surface area contributed by atoms with Crippen LogP contribution >= 0.6 is 23.2 Å². The predicted octanol–water partition coefficient (Wildman–Crippen LogP) is 5.98. The second-order valence-electron chi connectivity index (χ2n) is 8.35. The molecule has 36 heavy (non-hydrogen) atoms. The molecule has 1 heterocycles. The molecule has 3 aromatic rings. The van der Waals surface area contributed by atoms with Gasteiger partial charge in [-0.25, -0.2) is 4.98 Å². The molecule has 194 valence electrons. The number of nitrogens with two attached hydrogens (primary N) is 1. The van der Waals surface area contributed by atoms with Gasteiger partial charge in [0, 0.05) is 17.1 Å². The van der Waals surface area contributed by atoms with E-state index in [2.05, 4.69) is 4.98 Å². The number of phenolic OH excluding ortho intramolecular Hbond substituents is 1. The molecular weight excluding hydrogens is 520 g/mol. The number of ether oxygens (including phenoxy) is 1. The summed E-state index contributed by atoms with van der Waals surface area (Å²) in [4.78, 5) is 14.5. The smallest absolute Gasteiger partial charge is 0.422 e. The molecule has 11 heteroatoms. The lowest BCUT2D eigenvalue weighted by atomic mass is 9.78. The predicted molar refractivity (Wildman–Crippen MR) is 131 cm³/mol. The molecule has 3 rings (SSSR count). The summed E-state index contributed by atoms with van der Waals surface area (Å²) in [5, 5.41) is 19.6. The summed E-state index contributed by atoms with van der Waals surface area (Å²) >= 11 is 11.6. The van der Waals surface area contributed by atoms with E-state index >= 15 is 0 Å². The Balaban J connectivity index is 0.000000297.